The largest absolute Gasteiger partial charge is 0.363 e. The van der Waals surface area contributed by atoms with Gasteiger partial charge in [-0.1, -0.05) is 78.6 Å². The molecule has 0 radical (unpaired) electrons. The zero-order valence-electron chi connectivity index (χ0n) is 17.5. The highest BCUT2D eigenvalue weighted by atomic mass is 16.2. The predicted molar refractivity (Wildman–Crippen MR) is 124 cm³/mol. The van der Waals surface area contributed by atoms with Gasteiger partial charge < -0.3 is 9.80 Å². The van der Waals surface area contributed by atoms with Crippen molar-refractivity contribution >= 4 is 17.3 Å². The minimum absolute atomic E-state index is 0.123. The number of carbonyl (C=O) groups excluding carboxylic acids is 1. The molecule has 1 aliphatic rings. The van der Waals surface area contributed by atoms with Crippen LogP contribution in [0.4, 0.5) is 11.4 Å². The molecule has 0 fully saturated rings. The van der Waals surface area contributed by atoms with Crippen LogP contribution in [-0.2, 0) is 16.8 Å². The average Bonchev–Trinajstić information content (AvgIpc) is 3.00. The van der Waals surface area contributed by atoms with Crippen LogP contribution in [-0.4, -0.2) is 19.5 Å². The smallest absolute Gasteiger partial charge is 0.238 e. The predicted octanol–water partition coefficient (Wildman–Crippen LogP) is 5.02. The van der Waals surface area contributed by atoms with E-state index in [2.05, 4.69) is 47.1 Å². The van der Waals surface area contributed by atoms with Gasteiger partial charge in [0.25, 0.3) is 0 Å². The fourth-order valence-electron chi connectivity index (χ4n) is 3.98. The number of rotatable bonds is 5. The number of anilines is 2. The number of amides is 1. The molecule has 1 atom stereocenters. The van der Waals surface area contributed by atoms with Crippen molar-refractivity contribution in [3.8, 4) is 11.8 Å². The lowest BCUT2D eigenvalue weighted by Crippen LogP contribution is -2.37. The summed E-state index contributed by atoms with van der Waals surface area (Å²) in [6.45, 7) is 3.23. The van der Waals surface area contributed by atoms with Crippen molar-refractivity contribution in [1.29, 1.82) is 0 Å². The minimum Gasteiger partial charge on any atom is -0.363 e. The summed E-state index contributed by atoms with van der Waals surface area (Å²) in [5, 5.41) is 0. The molecule has 1 heterocycles. The fraction of sp³-hybridized carbons (Fsp3) is 0.222. The Morgan fingerprint density at radius 1 is 0.867 bits per heavy atom. The van der Waals surface area contributed by atoms with Gasteiger partial charge in [-0.3, -0.25) is 4.79 Å². The van der Waals surface area contributed by atoms with E-state index in [1.165, 1.54) is 0 Å². The van der Waals surface area contributed by atoms with E-state index in [4.69, 9.17) is 0 Å². The Bertz CT molecular complexity index is 1080. The summed E-state index contributed by atoms with van der Waals surface area (Å²) in [6, 6.07) is 28.4. The number of hydrogen-bond donors (Lipinski definition) is 0. The van der Waals surface area contributed by atoms with Crippen molar-refractivity contribution in [2.45, 2.75) is 25.3 Å². The molecule has 3 nitrogen and oxygen atoms in total. The zero-order valence-corrected chi connectivity index (χ0v) is 17.5. The van der Waals surface area contributed by atoms with Gasteiger partial charge in [-0.05, 0) is 36.2 Å². The van der Waals surface area contributed by atoms with Crippen LogP contribution < -0.4 is 9.80 Å². The van der Waals surface area contributed by atoms with E-state index < -0.39 is 5.41 Å². The number of para-hydroxylation sites is 2. The lowest BCUT2D eigenvalue weighted by atomic mass is 9.81. The van der Waals surface area contributed by atoms with Gasteiger partial charge in [0, 0.05) is 24.8 Å². The summed E-state index contributed by atoms with van der Waals surface area (Å²) < 4.78 is 0. The van der Waals surface area contributed by atoms with Gasteiger partial charge in [0.15, 0.2) is 0 Å². The first-order valence-corrected chi connectivity index (χ1v) is 10.3. The van der Waals surface area contributed by atoms with Crippen LogP contribution in [0.1, 0.15) is 24.5 Å². The first-order valence-electron chi connectivity index (χ1n) is 10.3. The van der Waals surface area contributed by atoms with Crippen molar-refractivity contribution in [3.05, 3.63) is 96.1 Å². The first kappa shape index (κ1) is 19.8. The van der Waals surface area contributed by atoms with Crippen LogP contribution in [0.15, 0.2) is 84.9 Å². The second-order valence-corrected chi connectivity index (χ2v) is 7.95. The molecule has 30 heavy (non-hydrogen) atoms. The molecule has 0 saturated heterocycles. The molecule has 1 amide bonds. The Labute approximate surface area is 179 Å². The molecule has 1 aliphatic heterocycles. The molecular formula is C27H26N2O. The lowest BCUT2D eigenvalue weighted by Gasteiger charge is -2.22. The summed E-state index contributed by atoms with van der Waals surface area (Å²) in [6.07, 6.45) is 0.511. The average molecular weight is 395 g/mol. The quantitative estimate of drug-likeness (QED) is 0.567. The minimum atomic E-state index is -0.621. The number of benzene rings is 3. The Morgan fingerprint density at radius 2 is 1.50 bits per heavy atom. The molecule has 3 aromatic carbocycles. The maximum atomic E-state index is 13.5. The normalized spacial score (nSPS) is 17.3. The Balaban J connectivity index is 1.52. The fourth-order valence-corrected chi connectivity index (χ4v) is 3.98. The molecule has 3 heteroatoms. The zero-order chi connectivity index (χ0) is 21.0. The molecule has 0 spiro atoms. The molecule has 150 valence electrons. The van der Waals surface area contributed by atoms with Crippen LogP contribution in [0.5, 0.6) is 0 Å². The van der Waals surface area contributed by atoms with Crippen LogP contribution in [0, 0.1) is 11.8 Å². The molecular weight excluding hydrogens is 368 g/mol. The van der Waals surface area contributed by atoms with Gasteiger partial charge in [0.1, 0.15) is 0 Å². The van der Waals surface area contributed by atoms with Gasteiger partial charge in [-0.2, -0.15) is 0 Å². The molecule has 4 rings (SSSR count). The topological polar surface area (TPSA) is 23.6 Å². The summed E-state index contributed by atoms with van der Waals surface area (Å²) in [7, 11) is 2.03. The first-order chi connectivity index (χ1) is 14.6. The van der Waals surface area contributed by atoms with Crippen LogP contribution in [0.25, 0.3) is 0 Å². The molecule has 3 aromatic rings. The van der Waals surface area contributed by atoms with Gasteiger partial charge in [-0.25, -0.2) is 0 Å². The molecule has 0 bridgehead atoms. The molecule has 0 saturated carbocycles. The van der Waals surface area contributed by atoms with Crippen molar-refractivity contribution in [2.24, 2.45) is 0 Å². The van der Waals surface area contributed by atoms with Crippen LogP contribution >= 0.6 is 0 Å². The molecule has 1 unspecified atom stereocenters. The van der Waals surface area contributed by atoms with E-state index in [0.717, 1.165) is 22.5 Å². The van der Waals surface area contributed by atoms with Crippen molar-refractivity contribution in [1.82, 2.24) is 0 Å². The van der Waals surface area contributed by atoms with E-state index in [1.807, 2.05) is 73.5 Å². The van der Waals surface area contributed by atoms with Gasteiger partial charge in [0.2, 0.25) is 5.91 Å². The van der Waals surface area contributed by atoms with Crippen LogP contribution in [0.3, 0.4) is 0 Å². The standard InChI is InChI=1S/C27H26N2O/c1-27(19-11-12-20-28(2)23-15-7-4-8-16-23)24-17-9-10-18-25(24)29(26(27)30)21-22-13-5-3-6-14-22/h3-10,13-18H,19-21H2,1-2H3. The highest BCUT2D eigenvalue weighted by Crippen LogP contribution is 2.44. The SMILES string of the molecule is CN(CC#CCC1(C)C(=O)N(Cc2ccccc2)c2ccccc21)c1ccccc1. The molecule has 0 aromatic heterocycles. The van der Waals surface area contributed by atoms with Crippen molar-refractivity contribution in [3.63, 3.8) is 0 Å². The Kier molecular flexibility index (Phi) is 5.59. The third kappa shape index (κ3) is 3.82. The van der Waals surface area contributed by atoms with E-state index >= 15 is 0 Å². The second-order valence-electron chi connectivity index (χ2n) is 7.95. The van der Waals surface area contributed by atoms with Gasteiger partial charge in [-0.15, -0.1) is 0 Å². The summed E-state index contributed by atoms with van der Waals surface area (Å²) >= 11 is 0. The maximum Gasteiger partial charge on any atom is 0.238 e. The number of nitrogens with zero attached hydrogens (tertiary/aromatic N) is 2. The van der Waals surface area contributed by atoms with E-state index in [0.29, 0.717) is 19.5 Å². The number of carbonyl (C=O) groups is 1. The van der Waals surface area contributed by atoms with E-state index in [9.17, 15) is 4.79 Å². The van der Waals surface area contributed by atoms with Crippen LogP contribution in [0.2, 0.25) is 0 Å². The third-order valence-corrected chi connectivity index (χ3v) is 5.77. The highest BCUT2D eigenvalue weighted by molar-refractivity contribution is 6.08. The molecule has 0 N–H and O–H groups in total. The monoisotopic (exact) mass is 394 g/mol. The molecule has 0 aliphatic carbocycles. The van der Waals surface area contributed by atoms with E-state index in [1.54, 1.807) is 0 Å². The van der Waals surface area contributed by atoms with Crippen molar-refractivity contribution in [2.75, 3.05) is 23.4 Å². The van der Waals surface area contributed by atoms with Gasteiger partial charge in [0.05, 0.1) is 18.5 Å². The summed E-state index contributed by atoms with van der Waals surface area (Å²) in [5.74, 6) is 6.67. The van der Waals surface area contributed by atoms with E-state index in [-0.39, 0.29) is 5.91 Å². The Hall–Kier alpha value is -3.51. The van der Waals surface area contributed by atoms with Gasteiger partial charge >= 0.3 is 0 Å². The number of fused-ring (bicyclic) bond motifs is 1. The number of hydrogen-bond acceptors (Lipinski definition) is 2. The Morgan fingerprint density at radius 3 is 2.23 bits per heavy atom. The highest BCUT2D eigenvalue weighted by Gasteiger charge is 2.46. The third-order valence-electron chi connectivity index (χ3n) is 5.77. The summed E-state index contributed by atoms with van der Waals surface area (Å²) in [4.78, 5) is 17.5. The maximum absolute atomic E-state index is 13.5. The summed E-state index contributed by atoms with van der Waals surface area (Å²) in [5.41, 5.74) is 3.70. The second kappa shape index (κ2) is 8.47. The van der Waals surface area contributed by atoms with Crippen molar-refractivity contribution < 1.29 is 4.79 Å². The lowest BCUT2D eigenvalue weighted by molar-refractivity contribution is -0.122.